The summed E-state index contributed by atoms with van der Waals surface area (Å²) in [5.41, 5.74) is 7.54. The van der Waals surface area contributed by atoms with Crippen LogP contribution in [0.4, 0.5) is 0 Å². The number of amides is 1. The average molecular weight is 301 g/mol. The van der Waals surface area contributed by atoms with Gasteiger partial charge in [-0.1, -0.05) is 43.2 Å². The number of benzene rings is 1. The Morgan fingerprint density at radius 3 is 2.73 bits per heavy atom. The molecule has 120 valence electrons. The molecule has 0 radical (unpaired) electrons. The Balaban J connectivity index is 1.57. The molecule has 1 saturated carbocycles. The zero-order chi connectivity index (χ0) is 15.4. The van der Waals surface area contributed by atoms with Crippen molar-refractivity contribution >= 4 is 5.91 Å². The quantitative estimate of drug-likeness (QED) is 0.887. The summed E-state index contributed by atoms with van der Waals surface area (Å²) >= 11 is 0. The van der Waals surface area contributed by atoms with Crippen LogP contribution in [0.3, 0.4) is 0 Å². The SMILES string of the molecule is N[C@@H]1CCCC[C@H]1CN1CC(=O)N[C@@H](Cc2ccccc2)C1. The number of nitrogens with zero attached hydrogens (tertiary/aromatic N) is 1. The van der Waals surface area contributed by atoms with Crippen molar-refractivity contribution in [1.29, 1.82) is 0 Å². The molecule has 1 amide bonds. The molecule has 0 spiro atoms. The van der Waals surface area contributed by atoms with Crippen molar-refractivity contribution in [2.24, 2.45) is 11.7 Å². The highest BCUT2D eigenvalue weighted by molar-refractivity contribution is 5.79. The summed E-state index contributed by atoms with van der Waals surface area (Å²) in [7, 11) is 0. The van der Waals surface area contributed by atoms with E-state index in [1.54, 1.807) is 0 Å². The van der Waals surface area contributed by atoms with Gasteiger partial charge in [-0.15, -0.1) is 0 Å². The zero-order valence-electron chi connectivity index (χ0n) is 13.2. The summed E-state index contributed by atoms with van der Waals surface area (Å²) < 4.78 is 0. The predicted octanol–water partition coefficient (Wildman–Crippen LogP) is 1.55. The topological polar surface area (TPSA) is 58.4 Å². The van der Waals surface area contributed by atoms with Gasteiger partial charge in [0, 0.05) is 25.2 Å². The van der Waals surface area contributed by atoms with E-state index in [9.17, 15) is 4.79 Å². The second-order valence-electron chi connectivity index (χ2n) is 6.86. The van der Waals surface area contributed by atoms with Crippen molar-refractivity contribution in [1.82, 2.24) is 10.2 Å². The minimum atomic E-state index is 0.150. The summed E-state index contributed by atoms with van der Waals surface area (Å²) in [6.45, 7) is 2.43. The maximum absolute atomic E-state index is 12.0. The van der Waals surface area contributed by atoms with Crippen molar-refractivity contribution < 1.29 is 4.79 Å². The van der Waals surface area contributed by atoms with Gasteiger partial charge in [-0.25, -0.2) is 0 Å². The number of rotatable bonds is 4. The van der Waals surface area contributed by atoms with Crippen LogP contribution >= 0.6 is 0 Å². The van der Waals surface area contributed by atoms with Crippen LogP contribution in [0.25, 0.3) is 0 Å². The fourth-order valence-corrected chi connectivity index (χ4v) is 3.85. The van der Waals surface area contributed by atoms with Crippen LogP contribution in [-0.4, -0.2) is 42.5 Å². The van der Waals surface area contributed by atoms with Gasteiger partial charge >= 0.3 is 0 Å². The van der Waals surface area contributed by atoms with Crippen LogP contribution in [-0.2, 0) is 11.2 Å². The van der Waals surface area contributed by atoms with Crippen molar-refractivity contribution in [3.05, 3.63) is 35.9 Å². The van der Waals surface area contributed by atoms with Gasteiger partial charge in [0.25, 0.3) is 0 Å². The molecular formula is C18H27N3O. The van der Waals surface area contributed by atoms with Gasteiger partial charge in [0.05, 0.1) is 6.54 Å². The van der Waals surface area contributed by atoms with E-state index in [0.29, 0.717) is 18.5 Å². The van der Waals surface area contributed by atoms with E-state index in [2.05, 4.69) is 34.5 Å². The fraction of sp³-hybridized carbons (Fsp3) is 0.611. The highest BCUT2D eigenvalue weighted by Gasteiger charge is 2.29. The molecule has 3 N–H and O–H groups in total. The third-order valence-corrected chi connectivity index (χ3v) is 5.00. The molecule has 0 unspecified atom stereocenters. The minimum absolute atomic E-state index is 0.150. The molecular weight excluding hydrogens is 274 g/mol. The van der Waals surface area contributed by atoms with Crippen LogP contribution in [0, 0.1) is 5.92 Å². The number of hydrogen-bond donors (Lipinski definition) is 2. The third-order valence-electron chi connectivity index (χ3n) is 5.00. The molecule has 2 fully saturated rings. The highest BCUT2D eigenvalue weighted by Crippen LogP contribution is 2.24. The Labute approximate surface area is 133 Å². The molecule has 3 rings (SSSR count). The lowest BCUT2D eigenvalue weighted by molar-refractivity contribution is -0.125. The fourth-order valence-electron chi connectivity index (χ4n) is 3.85. The molecule has 0 bridgehead atoms. The molecule has 1 aliphatic carbocycles. The van der Waals surface area contributed by atoms with Gasteiger partial charge in [0.1, 0.15) is 0 Å². The first-order valence-electron chi connectivity index (χ1n) is 8.52. The molecule has 1 aromatic rings. The van der Waals surface area contributed by atoms with Crippen molar-refractivity contribution in [2.45, 2.75) is 44.2 Å². The summed E-state index contributed by atoms with van der Waals surface area (Å²) in [6, 6.07) is 10.9. The number of piperazine rings is 1. The largest absolute Gasteiger partial charge is 0.351 e. The zero-order valence-corrected chi connectivity index (χ0v) is 13.2. The van der Waals surface area contributed by atoms with E-state index in [-0.39, 0.29) is 11.9 Å². The van der Waals surface area contributed by atoms with Gasteiger partial charge in [-0.05, 0) is 30.7 Å². The first-order chi connectivity index (χ1) is 10.7. The number of nitrogens with one attached hydrogen (secondary N) is 1. The van der Waals surface area contributed by atoms with Gasteiger partial charge < -0.3 is 11.1 Å². The van der Waals surface area contributed by atoms with Crippen LogP contribution in [0.1, 0.15) is 31.2 Å². The monoisotopic (exact) mass is 301 g/mol. The summed E-state index contributed by atoms with van der Waals surface area (Å²) in [5, 5.41) is 3.13. The van der Waals surface area contributed by atoms with Crippen molar-refractivity contribution in [3.63, 3.8) is 0 Å². The predicted molar refractivity (Wildman–Crippen MR) is 88.5 cm³/mol. The van der Waals surface area contributed by atoms with Gasteiger partial charge in [-0.2, -0.15) is 0 Å². The lowest BCUT2D eigenvalue weighted by Gasteiger charge is -2.38. The Morgan fingerprint density at radius 1 is 1.18 bits per heavy atom. The smallest absolute Gasteiger partial charge is 0.234 e. The second-order valence-corrected chi connectivity index (χ2v) is 6.86. The van der Waals surface area contributed by atoms with Crippen molar-refractivity contribution in [3.8, 4) is 0 Å². The highest BCUT2D eigenvalue weighted by atomic mass is 16.2. The molecule has 1 aliphatic heterocycles. The van der Waals surface area contributed by atoms with Gasteiger partial charge in [0.15, 0.2) is 0 Å². The normalized spacial score (nSPS) is 30.0. The lowest BCUT2D eigenvalue weighted by Crippen LogP contribution is -2.56. The van der Waals surface area contributed by atoms with Crippen molar-refractivity contribution in [2.75, 3.05) is 19.6 Å². The van der Waals surface area contributed by atoms with Gasteiger partial charge in [-0.3, -0.25) is 9.69 Å². The number of hydrogen-bond acceptors (Lipinski definition) is 3. The van der Waals surface area contributed by atoms with E-state index in [1.165, 1.54) is 24.8 Å². The van der Waals surface area contributed by atoms with E-state index in [1.807, 2.05) is 6.07 Å². The Bertz CT molecular complexity index is 490. The standard InChI is InChI=1S/C18H27N3O/c19-17-9-5-4-8-15(17)11-21-12-16(20-18(22)13-21)10-14-6-2-1-3-7-14/h1-3,6-7,15-17H,4-5,8-13,19H2,(H,20,22)/t15-,16-,17+/m0/s1. The van der Waals surface area contributed by atoms with E-state index in [4.69, 9.17) is 5.73 Å². The Morgan fingerprint density at radius 2 is 1.95 bits per heavy atom. The Hall–Kier alpha value is -1.39. The number of carbonyl (C=O) groups is 1. The number of carbonyl (C=O) groups excluding carboxylic acids is 1. The van der Waals surface area contributed by atoms with Crippen LogP contribution in [0.2, 0.25) is 0 Å². The lowest BCUT2D eigenvalue weighted by atomic mass is 9.84. The summed E-state index contributed by atoms with van der Waals surface area (Å²) in [5.74, 6) is 0.702. The molecule has 22 heavy (non-hydrogen) atoms. The van der Waals surface area contributed by atoms with Crippen LogP contribution < -0.4 is 11.1 Å². The Kier molecular flexibility index (Phi) is 5.11. The average Bonchev–Trinajstić information content (AvgIpc) is 2.50. The second kappa shape index (κ2) is 7.25. The molecule has 0 aromatic heterocycles. The molecule has 2 aliphatic rings. The van der Waals surface area contributed by atoms with E-state index < -0.39 is 0 Å². The van der Waals surface area contributed by atoms with Gasteiger partial charge in [0.2, 0.25) is 5.91 Å². The third kappa shape index (κ3) is 4.08. The molecule has 1 heterocycles. The molecule has 1 aromatic carbocycles. The van der Waals surface area contributed by atoms with Crippen LogP contribution in [0.5, 0.6) is 0 Å². The maximum atomic E-state index is 12.0. The van der Waals surface area contributed by atoms with E-state index in [0.717, 1.165) is 25.9 Å². The molecule has 1 saturated heterocycles. The molecule has 4 nitrogen and oxygen atoms in total. The van der Waals surface area contributed by atoms with E-state index >= 15 is 0 Å². The summed E-state index contributed by atoms with van der Waals surface area (Å²) in [6.07, 6.45) is 5.79. The molecule has 3 atom stereocenters. The van der Waals surface area contributed by atoms with Crippen LogP contribution in [0.15, 0.2) is 30.3 Å². The molecule has 4 heteroatoms. The first-order valence-corrected chi connectivity index (χ1v) is 8.52. The summed E-state index contributed by atoms with van der Waals surface area (Å²) in [4.78, 5) is 14.3. The number of nitrogens with two attached hydrogens (primary N) is 1. The maximum Gasteiger partial charge on any atom is 0.234 e. The first kappa shape index (κ1) is 15.5. The minimum Gasteiger partial charge on any atom is -0.351 e.